The topological polar surface area (TPSA) is 29.9 Å². The molecule has 21 heavy (non-hydrogen) atoms. The Morgan fingerprint density at radius 3 is 2.81 bits per heavy atom. The molecule has 0 spiro atoms. The van der Waals surface area contributed by atoms with E-state index in [-0.39, 0.29) is 18.9 Å². The average Bonchev–Trinajstić information content (AvgIpc) is 2.81. The van der Waals surface area contributed by atoms with Gasteiger partial charge in [0.2, 0.25) is 0 Å². The number of nitrogens with zero attached hydrogens (tertiary/aromatic N) is 2. The third-order valence-corrected chi connectivity index (χ3v) is 4.32. The summed E-state index contributed by atoms with van der Waals surface area (Å²) >= 11 is 0. The summed E-state index contributed by atoms with van der Waals surface area (Å²) in [5.41, 5.74) is 0. The van der Waals surface area contributed by atoms with E-state index in [1.54, 1.807) is 6.20 Å². The molecule has 0 amide bonds. The lowest BCUT2D eigenvalue weighted by Crippen LogP contribution is -2.40. The molecule has 3 nitrogen and oxygen atoms in total. The molecule has 1 N–H and O–H groups in total. The van der Waals surface area contributed by atoms with Crippen molar-refractivity contribution in [1.29, 1.82) is 0 Å². The van der Waals surface area contributed by atoms with Crippen molar-refractivity contribution in [2.24, 2.45) is 11.8 Å². The maximum atomic E-state index is 12.8. The summed E-state index contributed by atoms with van der Waals surface area (Å²) in [7, 11) is 0. The number of rotatable bonds is 5. The Morgan fingerprint density at radius 1 is 1.43 bits per heavy atom. The molecule has 1 heterocycles. The van der Waals surface area contributed by atoms with Crippen LogP contribution < -0.4 is 5.32 Å². The monoisotopic (exact) mass is 303 g/mol. The van der Waals surface area contributed by atoms with Gasteiger partial charge in [-0.1, -0.05) is 13.3 Å². The van der Waals surface area contributed by atoms with Gasteiger partial charge in [-0.3, -0.25) is 0 Å². The van der Waals surface area contributed by atoms with Crippen LogP contribution in [-0.4, -0.2) is 28.3 Å². The first-order chi connectivity index (χ1) is 9.86. The molecule has 0 unspecified atom stereocenters. The van der Waals surface area contributed by atoms with Gasteiger partial charge in [0, 0.05) is 25.0 Å². The second kappa shape index (κ2) is 6.81. The maximum Gasteiger partial charge on any atom is 0.391 e. The fraction of sp³-hybridized carbons (Fsp3) is 0.800. The van der Waals surface area contributed by atoms with Crippen molar-refractivity contribution in [1.82, 2.24) is 14.9 Å². The standard InChI is InChI=1S/C15H24F3N3/c1-11(10-21-7-6-19-12(21)2)9-20-14-5-3-4-13(8-14)15(16,17)18/h6-7,11,13-14,20H,3-5,8-10H2,1-2H3/t11-,13-,14-/m1/s1. The lowest BCUT2D eigenvalue weighted by molar-refractivity contribution is -0.183. The van der Waals surface area contributed by atoms with E-state index in [0.29, 0.717) is 12.3 Å². The molecule has 120 valence electrons. The van der Waals surface area contributed by atoms with Gasteiger partial charge in [-0.05, 0) is 38.6 Å². The minimum atomic E-state index is -4.04. The number of alkyl halides is 3. The lowest BCUT2D eigenvalue weighted by Gasteiger charge is -2.31. The number of hydrogen-bond donors (Lipinski definition) is 1. The van der Waals surface area contributed by atoms with E-state index in [1.807, 2.05) is 13.1 Å². The molecule has 1 aromatic rings. The van der Waals surface area contributed by atoms with E-state index in [2.05, 4.69) is 21.8 Å². The number of aryl methyl sites for hydroxylation is 1. The van der Waals surface area contributed by atoms with Gasteiger partial charge in [0.25, 0.3) is 0 Å². The molecule has 0 aromatic carbocycles. The summed E-state index contributed by atoms with van der Waals surface area (Å²) in [6.07, 6.45) is 1.68. The number of nitrogens with one attached hydrogen (secondary N) is 1. The predicted molar refractivity (Wildman–Crippen MR) is 75.9 cm³/mol. The first kappa shape index (κ1) is 16.3. The minimum Gasteiger partial charge on any atom is -0.335 e. The summed E-state index contributed by atoms with van der Waals surface area (Å²) in [4.78, 5) is 4.17. The van der Waals surface area contributed by atoms with Gasteiger partial charge in [0.15, 0.2) is 0 Å². The van der Waals surface area contributed by atoms with E-state index in [1.165, 1.54) is 0 Å². The molecule has 1 aliphatic carbocycles. The van der Waals surface area contributed by atoms with Gasteiger partial charge >= 0.3 is 6.18 Å². The number of aromatic nitrogens is 2. The quantitative estimate of drug-likeness (QED) is 0.901. The first-order valence-electron chi connectivity index (χ1n) is 7.64. The number of imidazole rings is 1. The molecule has 6 heteroatoms. The van der Waals surface area contributed by atoms with Crippen LogP contribution in [0.3, 0.4) is 0 Å². The molecule has 0 radical (unpaired) electrons. The van der Waals surface area contributed by atoms with Gasteiger partial charge in [-0.2, -0.15) is 13.2 Å². The highest BCUT2D eigenvalue weighted by Crippen LogP contribution is 2.37. The largest absolute Gasteiger partial charge is 0.391 e. The Kier molecular flexibility index (Phi) is 5.30. The summed E-state index contributed by atoms with van der Waals surface area (Å²) in [5, 5.41) is 3.32. The second-order valence-corrected chi connectivity index (χ2v) is 6.24. The predicted octanol–water partition coefficient (Wildman–Crippen LogP) is 3.54. The highest BCUT2D eigenvalue weighted by Gasteiger charge is 2.41. The van der Waals surface area contributed by atoms with Crippen LogP contribution >= 0.6 is 0 Å². The van der Waals surface area contributed by atoms with Crippen LogP contribution in [0.1, 0.15) is 38.4 Å². The Hall–Kier alpha value is -1.04. The molecule has 1 aliphatic rings. The van der Waals surface area contributed by atoms with E-state index in [9.17, 15) is 13.2 Å². The Balaban J connectivity index is 1.76. The third kappa shape index (κ3) is 4.73. The van der Waals surface area contributed by atoms with Crippen molar-refractivity contribution < 1.29 is 13.2 Å². The van der Waals surface area contributed by atoms with Crippen LogP contribution in [0.2, 0.25) is 0 Å². The van der Waals surface area contributed by atoms with Gasteiger partial charge in [0.05, 0.1) is 5.92 Å². The van der Waals surface area contributed by atoms with E-state index < -0.39 is 12.1 Å². The van der Waals surface area contributed by atoms with Gasteiger partial charge in [-0.25, -0.2) is 4.98 Å². The van der Waals surface area contributed by atoms with Crippen molar-refractivity contribution in [3.8, 4) is 0 Å². The zero-order valence-electron chi connectivity index (χ0n) is 12.7. The van der Waals surface area contributed by atoms with Crippen LogP contribution in [0, 0.1) is 18.8 Å². The van der Waals surface area contributed by atoms with Crippen molar-refractivity contribution in [2.45, 2.75) is 58.3 Å². The van der Waals surface area contributed by atoms with Crippen molar-refractivity contribution >= 4 is 0 Å². The van der Waals surface area contributed by atoms with Crippen molar-refractivity contribution in [2.75, 3.05) is 6.54 Å². The normalized spacial score (nSPS) is 25.0. The van der Waals surface area contributed by atoms with Gasteiger partial charge in [0.1, 0.15) is 5.82 Å². The van der Waals surface area contributed by atoms with Crippen LogP contribution in [-0.2, 0) is 6.54 Å². The van der Waals surface area contributed by atoms with Gasteiger partial charge in [-0.15, -0.1) is 0 Å². The van der Waals surface area contributed by atoms with Crippen molar-refractivity contribution in [3.05, 3.63) is 18.2 Å². The van der Waals surface area contributed by atoms with Gasteiger partial charge < -0.3 is 9.88 Å². The molecule has 3 atom stereocenters. The number of hydrogen-bond acceptors (Lipinski definition) is 2. The summed E-state index contributed by atoms with van der Waals surface area (Å²) < 4.78 is 40.4. The SMILES string of the molecule is Cc1nccn1C[C@H](C)CN[C@@H]1CCC[C@@H](C(F)(F)F)C1. The third-order valence-electron chi connectivity index (χ3n) is 4.32. The second-order valence-electron chi connectivity index (χ2n) is 6.24. The Labute approximate surface area is 123 Å². The molecular weight excluding hydrogens is 279 g/mol. The molecule has 0 saturated heterocycles. The molecule has 1 saturated carbocycles. The van der Waals surface area contributed by atoms with Crippen molar-refractivity contribution in [3.63, 3.8) is 0 Å². The zero-order chi connectivity index (χ0) is 15.5. The van der Waals surface area contributed by atoms with Crippen LogP contribution in [0.15, 0.2) is 12.4 Å². The first-order valence-corrected chi connectivity index (χ1v) is 7.64. The fourth-order valence-corrected chi connectivity index (χ4v) is 3.04. The summed E-state index contributed by atoms with van der Waals surface area (Å²) in [5.74, 6) is 0.204. The Morgan fingerprint density at radius 2 is 2.19 bits per heavy atom. The average molecular weight is 303 g/mol. The minimum absolute atomic E-state index is 0.00305. The molecule has 2 rings (SSSR count). The van der Waals surface area contributed by atoms with E-state index in [4.69, 9.17) is 0 Å². The maximum absolute atomic E-state index is 12.8. The fourth-order valence-electron chi connectivity index (χ4n) is 3.04. The number of halogens is 3. The molecule has 0 bridgehead atoms. The molecular formula is C15H24F3N3. The highest BCUT2D eigenvalue weighted by atomic mass is 19.4. The summed E-state index contributed by atoms with van der Waals surface area (Å²) in [6.45, 7) is 5.65. The molecule has 1 fully saturated rings. The smallest absolute Gasteiger partial charge is 0.335 e. The molecule has 0 aliphatic heterocycles. The zero-order valence-corrected chi connectivity index (χ0v) is 12.7. The molecule has 1 aromatic heterocycles. The van der Waals surface area contributed by atoms with Crippen LogP contribution in [0.25, 0.3) is 0 Å². The van der Waals surface area contributed by atoms with E-state index >= 15 is 0 Å². The highest BCUT2D eigenvalue weighted by molar-refractivity contribution is 4.89. The lowest BCUT2D eigenvalue weighted by atomic mass is 9.85. The Bertz CT molecular complexity index is 442. The van der Waals surface area contributed by atoms with Crippen LogP contribution in [0.4, 0.5) is 13.2 Å². The van der Waals surface area contributed by atoms with Crippen LogP contribution in [0.5, 0.6) is 0 Å². The summed E-state index contributed by atoms with van der Waals surface area (Å²) in [6, 6.07) is -0.00305. The van der Waals surface area contributed by atoms with E-state index in [0.717, 1.165) is 25.3 Å².